The summed E-state index contributed by atoms with van der Waals surface area (Å²) in [7, 11) is 3.36. The van der Waals surface area contributed by atoms with Gasteiger partial charge in [-0.15, -0.1) is 5.10 Å². The number of hydrogen-bond donors (Lipinski definition) is 4. The lowest BCUT2D eigenvalue weighted by molar-refractivity contribution is 0.100. The first-order valence-corrected chi connectivity index (χ1v) is 10.6. The second-order valence-electron chi connectivity index (χ2n) is 8.36. The van der Waals surface area contributed by atoms with Crippen molar-refractivity contribution in [2.45, 2.75) is 38.3 Å². The van der Waals surface area contributed by atoms with E-state index in [-0.39, 0.29) is 29.3 Å². The smallest absolute Gasteiger partial charge is 0.252 e. The molecule has 2 aromatic heterocycles. The molecule has 2 heterocycles. The van der Waals surface area contributed by atoms with Gasteiger partial charge in [0.1, 0.15) is 5.82 Å². The summed E-state index contributed by atoms with van der Waals surface area (Å²) in [6.07, 6.45) is 3.17. The van der Waals surface area contributed by atoms with Gasteiger partial charge in [-0.05, 0) is 43.5 Å². The highest BCUT2D eigenvalue weighted by molar-refractivity contribution is 5.99. The molecule has 1 fully saturated rings. The van der Waals surface area contributed by atoms with E-state index in [1.807, 2.05) is 32.2 Å². The molecule has 4 rings (SSSR count). The molecule has 1 amide bonds. The Morgan fingerprint density at radius 1 is 1.34 bits per heavy atom. The summed E-state index contributed by atoms with van der Waals surface area (Å²) in [5.41, 5.74) is 13.0. The number of primary amides is 1. The van der Waals surface area contributed by atoms with Gasteiger partial charge in [-0.3, -0.25) is 9.48 Å². The van der Waals surface area contributed by atoms with Crippen LogP contribution in [0.25, 0.3) is 10.9 Å². The summed E-state index contributed by atoms with van der Waals surface area (Å²) in [5.74, 6) is -0.192. The number of anilines is 3. The topological polar surface area (TPSA) is 133 Å². The summed E-state index contributed by atoms with van der Waals surface area (Å²) in [6, 6.07) is 6.27. The first kappa shape index (κ1) is 21.8. The number of benzene rings is 1. The molecule has 1 aliphatic rings. The zero-order valence-electron chi connectivity index (χ0n) is 18.4. The zero-order chi connectivity index (χ0) is 23.0. The van der Waals surface area contributed by atoms with Crippen molar-refractivity contribution in [2.75, 3.05) is 17.7 Å². The van der Waals surface area contributed by atoms with Crippen LogP contribution >= 0.6 is 0 Å². The molecule has 3 aromatic rings. The van der Waals surface area contributed by atoms with Crippen LogP contribution in [0.15, 0.2) is 24.3 Å². The normalized spacial score (nSPS) is 15.4. The van der Waals surface area contributed by atoms with Crippen LogP contribution in [0.1, 0.15) is 36.5 Å². The van der Waals surface area contributed by atoms with E-state index in [0.717, 1.165) is 36.2 Å². The van der Waals surface area contributed by atoms with Gasteiger partial charge < -0.3 is 26.8 Å². The van der Waals surface area contributed by atoms with Crippen LogP contribution in [0.3, 0.4) is 0 Å². The molecule has 2 atom stereocenters. The standard InChI is InChI=1S/C22H28FN7O2/c1-11(24)17(8-12-4-5-12)27-21-16(23)10-15(19(25)31)20(28-21)26-13-6-7-18-14(9-13)22(32-3)29-30(18)2/h6-7,9-12,17H,4-5,8,24H2,1-3H3,(H2,25,31)(H2,26,27,28)/t11-,17+/m0/s1. The summed E-state index contributed by atoms with van der Waals surface area (Å²) in [5, 5.41) is 11.3. The van der Waals surface area contributed by atoms with Crippen LogP contribution in [0.5, 0.6) is 5.88 Å². The fourth-order valence-corrected chi connectivity index (χ4v) is 3.77. The average Bonchev–Trinajstić information content (AvgIpc) is 3.51. The van der Waals surface area contributed by atoms with Crippen molar-refractivity contribution < 1.29 is 13.9 Å². The number of carbonyl (C=O) groups excluding carboxylic acids is 1. The van der Waals surface area contributed by atoms with Crippen LogP contribution < -0.4 is 26.8 Å². The molecule has 1 aromatic carbocycles. The number of hydrogen-bond acceptors (Lipinski definition) is 7. The SMILES string of the molecule is COc1nn(C)c2ccc(Nc3nc(N[C@H](CC4CC4)[C@H](C)N)c(F)cc3C(N)=O)cc12. The molecule has 0 aliphatic heterocycles. The Hall–Kier alpha value is -3.40. The zero-order valence-corrected chi connectivity index (χ0v) is 18.4. The number of nitrogens with zero attached hydrogens (tertiary/aromatic N) is 3. The highest BCUT2D eigenvalue weighted by atomic mass is 19.1. The average molecular weight is 442 g/mol. The Balaban J connectivity index is 1.68. The Morgan fingerprint density at radius 3 is 2.72 bits per heavy atom. The molecule has 6 N–H and O–H groups in total. The fraction of sp³-hybridized carbons (Fsp3) is 0.409. The second kappa shape index (κ2) is 8.62. The maximum absolute atomic E-state index is 14.8. The Morgan fingerprint density at radius 2 is 2.09 bits per heavy atom. The van der Waals surface area contributed by atoms with Crippen LogP contribution in [-0.2, 0) is 7.05 Å². The number of carbonyl (C=O) groups is 1. The van der Waals surface area contributed by atoms with E-state index < -0.39 is 11.7 Å². The number of methoxy groups -OCH3 is 1. The molecule has 1 saturated carbocycles. The number of nitrogens with two attached hydrogens (primary N) is 2. The van der Waals surface area contributed by atoms with Gasteiger partial charge in [0.05, 0.1) is 23.6 Å². The van der Waals surface area contributed by atoms with Crippen LogP contribution in [0, 0.1) is 11.7 Å². The number of fused-ring (bicyclic) bond motifs is 1. The molecule has 0 radical (unpaired) electrons. The molecule has 0 saturated heterocycles. The summed E-state index contributed by atoms with van der Waals surface area (Å²) in [6.45, 7) is 1.88. The van der Waals surface area contributed by atoms with Gasteiger partial charge in [0.2, 0.25) is 5.88 Å². The van der Waals surface area contributed by atoms with Gasteiger partial charge in [0, 0.05) is 24.8 Å². The lowest BCUT2D eigenvalue weighted by Crippen LogP contribution is -2.39. The van der Waals surface area contributed by atoms with Gasteiger partial charge in [0.15, 0.2) is 11.6 Å². The third-order valence-corrected chi connectivity index (χ3v) is 5.75. The van der Waals surface area contributed by atoms with Crippen molar-refractivity contribution in [3.8, 4) is 5.88 Å². The largest absolute Gasteiger partial charge is 0.479 e. The third kappa shape index (κ3) is 4.45. The van der Waals surface area contributed by atoms with Crippen LogP contribution in [0.2, 0.25) is 0 Å². The first-order valence-electron chi connectivity index (χ1n) is 10.6. The van der Waals surface area contributed by atoms with Gasteiger partial charge in [0.25, 0.3) is 5.91 Å². The summed E-state index contributed by atoms with van der Waals surface area (Å²) >= 11 is 0. The number of nitrogens with one attached hydrogen (secondary N) is 2. The van der Waals surface area contributed by atoms with Gasteiger partial charge >= 0.3 is 0 Å². The number of rotatable bonds is 9. The molecular formula is C22H28FN7O2. The minimum atomic E-state index is -0.785. The molecule has 1 aliphatic carbocycles. The first-order chi connectivity index (χ1) is 15.3. The summed E-state index contributed by atoms with van der Waals surface area (Å²) in [4.78, 5) is 16.3. The van der Waals surface area contributed by atoms with Crippen molar-refractivity contribution in [1.82, 2.24) is 14.8 Å². The van der Waals surface area contributed by atoms with Crippen molar-refractivity contribution in [3.63, 3.8) is 0 Å². The number of halogens is 1. The Labute approximate surface area is 185 Å². The Kier molecular flexibility index (Phi) is 5.88. The van der Waals surface area contributed by atoms with E-state index in [9.17, 15) is 9.18 Å². The second-order valence-corrected chi connectivity index (χ2v) is 8.36. The van der Waals surface area contributed by atoms with E-state index in [4.69, 9.17) is 16.2 Å². The molecule has 9 nitrogen and oxygen atoms in total. The minimum Gasteiger partial charge on any atom is -0.479 e. The quantitative estimate of drug-likeness (QED) is 0.401. The maximum Gasteiger partial charge on any atom is 0.252 e. The highest BCUT2D eigenvalue weighted by Crippen LogP contribution is 2.35. The minimum absolute atomic E-state index is 0.0282. The van der Waals surface area contributed by atoms with E-state index in [1.165, 1.54) is 0 Å². The van der Waals surface area contributed by atoms with Crippen LogP contribution in [0.4, 0.5) is 21.7 Å². The fourth-order valence-electron chi connectivity index (χ4n) is 3.77. The number of aromatic nitrogens is 3. The number of ether oxygens (including phenoxy) is 1. The van der Waals surface area contributed by atoms with E-state index >= 15 is 0 Å². The molecule has 0 bridgehead atoms. The summed E-state index contributed by atoms with van der Waals surface area (Å²) < 4.78 is 21.8. The van der Waals surface area contributed by atoms with Gasteiger partial charge in [-0.2, -0.15) is 0 Å². The molecule has 170 valence electrons. The van der Waals surface area contributed by atoms with Crippen LogP contribution in [-0.4, -0.2) is 39.9 Å². The lowest BCUT2D eigenvalue weighted by Gasteiger charge is -2.24. The van der Waals surface area contributed by atoms with Crippen molar-refractivity contribution in [3.05, 3.63) is 35.6 Å². The maximum atomic E-state index is 14.8. The molecular weight excluding hydrogens is 413 g/mol. The third-order valence-electron chi connectivity index (χ3n) is 5.75. The van der Waals surface area contributed by atoms with E-state index in [1.54, 1.807) is 11.8 Å². The predicted molar refractivity (Wildman–Crippen MR) is 122 cm³/mol. The molecule has 32 heavy (non-hydrogen) atoms. The van der Waals surface area contributed by atoms with Crippen molar-refractivity contribution in [2.24, 2.45) is 24.4 Å². The number of aryl methyl sites for hydroxylation is 1. The number of pyridine rings is 1. The lowest BCUT2D eigenvalue weighted by atomic mass is 10.0. The van der Waals surface area contributed by atoms with Gasteiger partial charge in [-0.1, -0.05) is 12.8 Å². The highest BCUT2D eigenvalue weighted by Gasteiger charge is 2.28. The molecule has 0 spiro atoms. The predicted octanol–water partition coefficient (Wildman–Crippen LogP) is 2.89. The number of amides is 1. The van der Waals surface area contributed by atoms with Crippen molar-refractivity contribution in [1.29, 1.82) is 0 Å². The molecule has 10 heteroatoms. The van der Waals surface area contributed by atoms with Crippen molar-refractivity contribution >= 4 is 34.1 Å². The Bertz CT molecular complexity index is 1160. The van der Waals surface area contributed by atoms with Gasteiger partial charge in [-0.25, -0.2) is 9.37 Å². The monoisotopic (exact) mass is 441 g/mol. The van der Waals surface area contributed by atoms with E-state index in [2.05, 4.69) is 20.7 Å². The molecule has 0 unspecified atom stereocenters. The van der Waals surface area contributed by atoms with E-state index in [0.29, 0.717) is 17.5 Å².